The van der Waals surface area contributed by atoms with Gasteiger partial charge < -0.3 is 15.1 Å². The maximum atomic E-state index is 12.9. The van der Waals surface area contributed by atoms with E-state index in [0.717, 1.165) is 50.0 Å². The van der Waals surface area contributed by atoms with Gasteiger partial charge in [-0.3, -0.25) is 19.1 Å². The molecule has 3 amide bonds. The Morgan fingerprint density at radius 2 is 1.70 bits per heavy atom. The molecular weight excluding hydrogens is 382 g/mol. The first kappa shape index (κ1) is 20.9. The number of likely N-dealkylation sites (tertiary alicyclic amines) is 1. The maximum Gasteiger partial charge on any atom is 0.274 e. The third-order valence-electron chi connectivity index (χ3n) is 6.73. The number of nitrogens with zero attached hydrogens (tertiary/aromatic N) is 4. The molecule has 8 heteroatoms. The molecule has 1 saturated carbocycles. The molecule has 1 aromatic heterocycles. The Hall–Kier alpha value is -2.38. The lowest BCUT2D eigenvalue weighted by atomic mass is 9.95. The lowest BCUT2D eigenvalue weighted by Crippen LogP contribution is -2.39. The van der Waals surface area contributed by atoms with Crippen LogP contribution >= 0.6 is 0 Å². The normalized spacial score (nSPS) is 19.6. The summed E-state index contributed by atoms with van der Waals surface area (Å²) in [5.41, 5.74) is 2.40. The van der Waals surface area contributed by atoms with Gasteiger partial charge in [-0.2, -0.15) is 5.10 Å². The summed E-state index contributed by atoms with van der Waals surface area (Å²) in [5, 5.41) is 7.57. The largest absolute Gasteiger partial charge is 0.353 e. The van der Waals surface area contributed by atoms with E-state index in [1.807, 2.05) is 11.9 Å². The highest BCUT2D eigenvalue weighted by molar-refractivity contribution is 5.94. The second-order valence-electron chi connectivity index (χ2n) is 8.86. The highest BCUT2D eigenvalue weighted by Crippen LogP contribution is 2.25. The predicted octanol–water partition coefficient (Wildman–Crippen LogP) is 1.77. The zero-order valence-corrected chi connectivity index (χ0v) is 18.0. The highest BCUT2D eigenvalue weighted by Gasteiger charge is 2.32. The van der Waals surface area contributed by atoms with Crippen LogP contribution in [0, 0.1) is 0 Å². The van der Waals surface area contributed by atoms with Crippen LogP contribution in [0.4, 0.5) is 0 Å². The minimum atomic E-state index is -0.0285. The van der Waals surface area contributed by atoms with Gasteiger partial charge in [-0.1, -0.05) is 19.3 Å². The van der Waals surface area contributed by atoms with Gasteiger partial charge in [0, 0.05) is 69.8 Å². The van der Waals surface area contributed by atoms with Crippen molar-refractivity contribution in [2.24, 2.45) is 7.05 Å². The van der Waals surface area contributed by atoms with Crippen LogP contribution < -0.4 is 5.32 Å². The summed E-state index contributed by atoms with van der Waals surface area (Å²) in [6.07, 6.45) is 8.88. The molecule has 1 aromatic rings. The molecular formula is C22H33N5O3. The molecule has 0 aromatic carbocycles. The Morgan fingerprint density at radius 3 is 2.43 bits per heavy atom. The highest BCUT2D eigenvalue weighted by atomic mass is 16.2. The minimum Gasteiger partial charge on any atom is -0.353 e. The van der Waals surface area contributed by atoms with Crippen LogP contribution in [0.5, 0.6) is 0 Å². The summed E-state index contributed by atoms with van der Waals surface area (Å²) in [6, 6.07) is 0.272. The Labute approximate surface area is 178 Å². The Bertz CT molecular complexity index is 806. The van der Waals surface area contributed by atoms with Gasteiger partial charge in [0.05, 0.1) is 0 Å². The van der Waals surface area contributed by atoms with Crippen LogP contribution in [0.1, 0.15) is 79.5 Å². The average Bonchev–Trinajstić information content (AvgIpc) is 3.41. The number of carbonyl (C=O) groups is 3. The first-order chi connectivity index (χ1) is 14.5. The third-order valence-corrected chi connectivity index (χ3v) is 6.73. The second-order valence-corrected chi connectivity index (χ2v) is 8.86. The molecule has 2 aliphatic heterocycles. The van der Waals surface area contributed by atoms with E-state index in [2.05, 4.69) is 10.4 Å². The third kappa shape index (κ3) is 4.52. The van der Waals surface area contributed by atoms with Crippen molar-refractivity contribution in [2.75, 3.05) is 19.6 Å². The van der Waals surface area contributed by atoms with Gasteiger partial charge >= 0.3 is 0 Å². The maximum absolute atomic E-state index is 12.9. The molecule has 3 heterocycles. The molecule has 1 N–H and O–H groups in total. The first-order valence-corrected chi connectivity index (χ1v) is 11.4. The van der Waals surface area contributed by atoms with Gasteiger partial charge in [0.1, 0.15) is 0 Å². The fourth-order valence-corrected chi connectivity index (χ4v) is 4.97. The van der Waals surface area contributed by atoms with Crippen LogP contribution in [-0.2, 0) is 29.6 Å². The first-order valence-electron chi connectivity index (χ1n) is 11.4. The van der Waals surface area contributed by atoms with Gasteiger partial charge in [-0.15, -0.1) is 0 Å². The van der Waals surface area contributed by atoms with Crippen molar-refractivity contribution < 1.29 is 14.4 Å². The molecule has 0 bridgehead atoms. The predicted molar refractivity (Wildman–Crippen MR) is 112 cm³/mol. The fourth-order valence-electron chi connectivity index (χ4n) is 4.97. The summed E-state index contributed by atoms with van der Waals surface area (Å²) in [4.78, 5) is 41.6. The van der Waals surface area contributed by atoms with E-state index in [4.69, 9.17) is 0 Å². The van der Waals surface area contributed by atoms with E-state index in [1.165, 1.54) is 19.3 Å². The monoisotopic (exact) mass is 415 g/mol. The van der Waals surface area contributed by atoms with Crippen molar-refractivity contribution in [1.29, 1.82) is 0 Å². The molecule has 4 rings (SSSR count). The van der Waals surface area contributed by atoms with Crippen molar-refractivity contribution in [3.8, 4) is 0 Å². The zero-order chi connectivity index (χ0) is 21.1. The van der Waals surface area contributed by atoms with Crippen molar-refractivity contribution in [2.45, 2.75) is 76.8 Å². The van der Waals surface area contributed by atoms with Crippen molar-refractivity contribution >= 4 is 17.7 Å². The van der Waals surface area contributed by atoms with E-state index in [0.29, 0.717) is 25.2 Å². The van der Waals surface area contributed by atoms with Crippen molar-refractivity contribution in [1.82, 2.24) is 24.9 Å². The number of carbonyl (C=O) groups excluding carboxylic acids is 3. The van der Waals surface area contributed by atoms with E-state index >= 15 is 0 Å². The number of aryl methyl sites for hydroxylation is 1. The van der Waals surface area contributed by atoms with E-state index in [-0.39, 0.29) is 36.6 Å². The fraction of sp³-hybridized carbons (Fsp3) is 0.727. The SMILES string of the molecule is Cn1nc(C(=O)N2CCCC2)c2c1CCN(C(=O)CCC(=O)NC1CCCCC1)C2. The topological polar surface area (TPSA) is 87.5 Å². The molecule has 30 heavy (non-hydrogen) atoms. The van der Waals surface area contributed by atoms with Crippen LogP contribution in [0.2, 0.25) is 0 Å². The quantitative estimate of drug-likeness (QED) is 0.794. The minimum absolute atomic E-state index is 0.0227. The van der Waals surface area contributed by atoms with E-state index < -0.39 is 0 Å². The van der Waals surface area contributed by atoms with Crippen molar-refractivity contribution in [3.63, 3.8) is 0 Å². The molecule has 1 saturated heterocycles. The number of hydrogen-bond donors (Lipinski definition) is 1. The summed E-state index contributed by atoms with van der Waals surface area (Å²) in [6.45, 7) is 2.57. The number of amides is 3. The number of hydrogen-bond acceptors (Lipinski definition) is 4. The molecule has 1 aliphatic carbocycles. The second kappa shape index (κ2) is 9.18. The van der Waals surface area contributed by atoms with Gasteiger partial charge in [0.25, 0.3) is 5.91 Å². The van der Waals surface area contributed by atoms with Crippen LogP contribution in [0.25, 0.3) is 0 Å². The van der Waals surface area contributed by atoms with Crippen LogP contribution in [-0.4, -0.2) is 63.0 Å². The molecule has 2 fully saturated rings. The average molecular weight is 416 g/mol. The number of aromatic nitrogens is 2. The summed E-state index contributed by atoms with van der Waals surface area (Å²) < 4.78 is 1.79. The molecule has 3 aliphatic rings. The summed E-state index contributed by atoms with van der Waals surface area (Å²) in [5.74, 6) is -0.0763. The lowest BCUT2D eigenvalue weighted by molar-refractivity contribution is -0.134. The lowest BCUT2D eigenvalue weighted by Gasteiger charge is -2.28. The Morgan fingerprint density at radius 1 is 0.967 bits per heavy atom. The number of rotatable bonds is 5. The van der Waals surface area contributed by atoms with Crippen LogP contribution in [0.3, 0.4) is 0 Å². The molecule has 0 unspecified atom stereocenters. The summed E-state index contributed by atoms with van der Waals surface area (Å²) >= 11 is 0. The number of fused-ring (bicyclic) bond motifs is 1. The zero-order valence-electron chi connectivity index (χ0n) is 18.0. The summed E-state index contributed by atoms with van der Waals surface area (Å²) in [7, 11) is 1.87. The van der Waals surface area contributed by atoms with E-state index in [1.54, 1.807) is 9.58 Å². The van der Waals surface area contributed by atoms with Crippen molar-refractivity contribution in [3.05, 3.63) is 17.0 Å². The standard InChI is InChI=1S/C22H33N5O3/c1-25-18-11-14-27(15-17(18)21(24-25)22(30)26-12-5-6-13-26)20(29)10-9-19(28)23-16-7-3-2-4-8-16/h16H,2-15H2,1H3,(H,23,28). The Kier molecular flexibility index (Phi) is 6.39. The van der Waals surface area contributed by atoms with E-state index in [9.17, 15) is 14.4 Å². The van der Waals surface area contributed by atoms with Gasteiger partial charge in [-0.05, 0) is 25.7 Å². The smallest absolute Gasteiger partial charge is 0.274 e. The molecule has 0 radical (unpaired) electrons. The Balaban J connectivity index is 1.34. The molecule has 0 spiro atoms. The van der Waals surface area contributed by atoms with Gasteiger partial charge in [-0.25, -0.2) is 0 Å². The van der Waals surface area contributed by atoms with Crippen LogP contribution in [0.15, 0.2) is 0 Å². The molecule has 8 nitrogen and oxygen atoms in total. The van der Waals surface area contributed by atoms with Gasteiger partial charge in [0.15, 0.2) is 5.69 Å². The molecule has 0 atom stereocenters. The number of nitrogens with one attached hydrogen (secondary N) is 1. The molecule has 164 valence electrons. The van der Waals surface area contributed by atoms with Gasteiger partial charge in [0.2, 0.25) is 11.8 Å².